The number of nitrogens with two attached hydrogens (primary N) is 1. The van der Waals surface area contributed by atoms with Crippen molar-refractivity contribution in [2.45, 2.75) is 18.2 Å². The van der Waals surface area contributed by atoms with Crippen molar-refractivity contribution in [2.75, 3.05) is 12.4 Å². The molecule has 0 aliphatic heterocycles. The van der Waals surface area contributed by atoms with Gasteiger partial charge in [0.25, 0.3) is 0 Å². The van der Waals surface area contributed by atoms with Gasteiger partial charge in [-0.1, -0.05) is 0 Å². The lowest BCUT2D eigenvalue weighted by Gasteiger charge is -2.18. The molecule has 80 valence electrons. The number of rotatable bonds is 5. The van der Waals surface area contributed by atoms with Crippen LogP contribution in [0.4, 0.5) is 0 Å². The molecule has 1 heterocycles. The van der Waals surface area contributed by atoms with E-state index in [-0.39, 0.29) is 12.6 Å². The van der Waals surface area contributed by atoms with Crippen LogP contribution in [0, 0.1) is 0 Å². The van der Waals surface area contributed by atoms with E-state index in [1.807, 2.05) is 13.0 Å². The molecule has 0 bridgehead atoms. The number of hydrogen-bond acceptors (Lipinski definition) is 4. The Hall–Kier alpha value is 0.450. The highest BCUT2D eigenvalue weighted by Gasteiger charge is 2.18. The van der Waals surface area contributed by atoms with Gasteiger partial charge in [0.15, 0.2) is 0 Å². The Morgan fingerprint density at radius 3 is 2.79 bits per heavy atom. The molecule has 0 aromatic carbocycles. The van der Waals surface area contributed by atoms with Gasteiger partial charge in [-0.05, 0) is 35.0 Å². The molecule has 5 heteroatoms. The smallest absolute Gasteiger partial charge is 0.0701 e. The fourth-order valence-electron chi connectivity index (χ4n) is 1.15. The third-order valence-electron chi connectivity index (χ3n) is 1.74. The average Bonchev–Trinajstić information content (AvgIpc) is 2.52. The Balaban J connectivity index is 2.67. The number of aliphatic hydroxyl groups excluding tert-OH is 1. The predicted molar refractivity (Wildman–Crippen MR) is 68.0 cm³/mol. The van der Waals surface area contributed by atoms with Crippen LogP contribution >= 0.6 is 39.0 Å². The number of thiophene rings is 1. The predicted octanol–water partition coefficient (Wildman–Crippen LogP) is 2.62. The zero-order valence-corrected chi connectivity index (χ0v) is 11.2. The molecule has 0 aliphatic rings. The van der Waals surface area contributed by atoms with Gasteiger partial charge in [-0.2, -0.15) is 0 Å². The van der Waals surface area contributed by atoms with E-state index < -0.39 is 0 Å². The first-order valence-electron chi connectivity index (χ1n) is 4.38. The highest BCUT2D eigenvalue weighted by atomic mass is 79.9. The summed E-state index contributed by atoms with van der Waals surface area (Å²) in [6, 6.07) is 4.24. The highest BCUT2D eigenvalue weighted by Crippen LogP contribution is 2.37. The maximum atomic E-state index is 8.78. The summed E-state index contributed by atoms with van der Waals surface area (Å²) in [6.07, 6.45) is 0. The maximum Gasteiger partial charge on any atom is 0.0701 e. The molecule has 0 spiro atoms. The molecule has 3 N–H and O–H groups in total. The lowest BCUT2D eigenvalue weighted by atomic mass is 10.2. The molecule has 0 amide bonds. The topological polar surface area (TPSA) is 46.2 Å². The summed E-state index contributed by atoms with van der Waals surface area (Å²) in [5.41, 5.74) is 5.91. The zero-order chi connectivity index (χ0) is 10.6. The molecular weight excluding hydrogens is 282 g/mol. The van der Waals surface area contributed by atoms with E-state index in [0.717, 1.165) is 9.54 Å². The van der Waals surface area contributed by atoms with E-state index in [0.29, 0.717) is 5.25 Å². The monoisotopic (exact) mass is 295 g/mol. The Morgan fingerprint density at radius 2 is 2.36 bits per heavy atom. The molecule has 1 aromatic heterocycles. The molecule has 2 atom stereocenters. The van der Waals surface area contributed by atoms with E-state index in [1.54, 1.807) is 23.1 Å². The number of thioether (sulfide) groups is 1. The van der Waals surface area contributed by atoms with Crippen molar-refractivity contribution in [2.24, 2.45) is 5.73 Å². The number of halogens is 1. The van der Waals surface area contributed by atoms with Crippen LogP contribution in [0.15, 0.2) is 15.9 Å². The zero-order valence-electron chi connectivity index (χ0n) is 7.94. The summed E-state index contributed by atoms with van der Waals surface area (Å²) in [7, 11) is 0. The van der Waals surface area contributed by atoms with Crippen molar-refractivity contribution >= 4 is 39.0 Å². The van der Waals surface area contributed by atoms with Crippen molar-refractivity contribution in [1.82, 2.24) is 0 Å². The van der Waals surface area contributed by atoms with Gasteiger partial charge in [0.1, 0.15) is 0 Å². The third kappa shape index (κ3) is 3.55. The van der Waals surface area contributed by atoms with Gasteiger partial charge in [0, 0.05) is 16.7 Å². The van der Waals surface area contributed by atoms with Crippen LogP contribution in [0.3, 0.4) is 0 Å². The van der Waals surface area contributed by atoms with Gasteiger partial charge in [0.05, 0.1) is 15.6 Å². The van der Waals surface area contributed by atoms with Crippen LogP contribution in [0.2, 0.25) is 0 Å². The summed E-state index contributed by atoms with van der Waals surface area (Å²) in [5, 5.41) is 9.07. The van der Waals surface area contributed by atoms with E-state index in [1.165, 1.54) is 4.88 Å². The van der Waals surface area contributed by atoms with Gasteiger partial charge in [0.2, 0.25) is 0 Å². The molecule has 0 aliphatic carbocycles. The van der Waals surface area contributed by atoms with Gasteiger partial charge < -0.3 is 10.8 Å². The second kappa shape index (κ2) is 6.12. The first-order valence-corrected chi connectivity index (χ1v) is 7.04. The van der Waals surface area contributed by atoms with Gasteiger partial charge in [-0.3, -0.25) is 0 Å². The van der Waals surface area contributed by atoms with Crippen molar-refractivity contribution in [3.63, 3.8) is 0 Å². The molecular formula is C9H14BrNOS2. The standard InChI is InChI=1S/C9H14BrNOS2/c1-6(11)9(13-5-4-12)7-2-3-8(10)14-7/h2-3,6,9,12H,4-5,11H2,1H3. The molecule has 14 heavy (non-hydrogen) atoms. The molecule has 0 fully saturated rings. The molecule has 1 rings (SSSR count). The first-order chi connectivity index (χ1) is 6.65. The third-order valence-corrected chi connectivity index (χ3v) is 5.06. The Morgan fingerprint density at radius 1 is 1.64 bits per heavy atom. The minimum Gasteiger partial charge on any atom is -0.396 e. The van der Waals surface area contributed by atoms with Crippen LogP contribution in [0.25, 0.3) is 0 Å². The van der Waals surface area contributed by atoms with E-state index in [4.69, 9.17) is 10.8 Å². The average molecular weight is 296 g/mol. The quantitative estimate of drug-likeness (QED) is 0.878. The first kappa shape index (κ1) is 12.5. The molecule has 0 saturated carbocycles. The Labute approximate surface area is 101 Å². The molecule has 0 radical (unpaired) electrons. The van der Waals surface area contributed by atoms with Crippen LogP contribution < -0.4 is 5.73 Å². The van der Waals surface area contributed by atoms with Gasteiger partial charge >= 0.3 is 0 Å². The summed E-state index contributed by atoms with van der Waals surface area (Å²) in [5.74, 6) is 0.738. The Kier molecular flexibility index (Phi) is 5.48. The molecule has 2 unspecified atom stereocenters. The van der Waals surface area contributed by atoms with Crippen LogP contribution in [0.1, 0.15) is 17.1 Å². The van der Waals surface area contributed by atoms with Gasteiger partial charge in [-0.15, -0.1) is 23.1 Å². The van der Waals surface area contributed by atoms with Crippen molar-refractivity contribution in [3.8, 4) is 0 Å². The minimum atomic E-state index is 0.108. The fourth-order valence-corrected chi connectivity index (χ4v) is 3.93. The van der Waals surface area contributed by atoms with Crippen LogP contribution in [0.5, 0.6) is 0 Å². The molecule has 0 saturated heterocycles. The Bertz CT molecular complexity index is 278. The van der Waals surface area contributed by atoms with E-state index in [2.05, 4.69) is 22.0 Å². The number of hydrogen-bond donors (Lipinski definition) is 2. The van der Waals surface area contributed by atoms with Crippen molar-refractivity contribution < 1.29 is 5.11 Å². The van der Waals surface area contributed by atoms with E-state index in [9.17, 15) is 0 Å². The highest BCUT2D eigenvalue weighted by molar-refractivity contribution is 9.11. The summed E-state index contributed by atoms with van der Waals surface area (Å²) in [4.78, 5) is 1.27. The number of aliphatic hydroxyl groups is 1. The van der Waals surface area contributed by atoms with E-state index >= 15 is 0 Å². The summed E-state index contributed by atoms with van der Waals surface area (Å²) >= 11 is 6.86. The normalized spacial score (nSPS) is 15.4. The van der Waals surface area contributed by atoms with Crippen LogP contribution in [-0.4, -0.2) is 23.5 Å². The lowest BCUT2D eigenvalue weighted by molar-refractivity contribution is 0.322. The minimum absolute atomic E-state index is 0.108. The summed E-state index contributed by atoms with van der Waals surface area (Å²) in [6.45, 7) is 2.21. The summed E-state index contributed by atoms with van der Waals surface area (Å²) < 4.78 is 1.13. The van der Waals surface area contributed by atoms with Crippen molar-refractivity contribution in [3.05, 3.63) is 20.8 Å². The van der Waals surface area contributed by atoms with Crippen molar-refractivity contribution in [1.29, 1.82) is 0 Å². The molecule has 1 aromatic rings. The fraction of sp³-hybridized carbons (Fsp3) is 0.556. The SMILES string of the molecule is CC(N)C(SCCO)c1ccc(Br)s1. The maximum absolute atomic E-state index is 8.78. The van der Waals surface area contributed by atoms with Gasteiger partial charge in [-0.25, -0.2) is 0 Å². The molecule has 2 nitrogen and oxygen atoms in total. The van der Waals surface area contributed by atoms with Crippen LogP contribution in [-0.2, 0) is 0 Å². The second-order valence-electron chi connectivity index (χ2n) is 3.02. The lowest BCUT2D eigenvalue weighted by Crippen LogP contribution is -2.22. The second-order valence-corrected chi connectivity index (χ2v) is 6.76. The largest absolute Gasteiger partial charge is 0.396 e.